The number of fused-ring (bicyclic) bond motifs is 1. The van der Waals surface area contributed by atoms with Crippen molar-refractivity contribution < 1.29 is 14.0 Å². The second-order valence-electron chi connectivity index (χ2n) is 10.5. The molecule has 29 heavy (non-hydrogen) atoms. The fourth-order valence-corrected chi connectivity index (χ4v) is 4.58. The third-order valence-corrected chi connectivity index (χ3v) is 10.7. The van der Waals surface area contributed by atoms with Crippen LogP contribution in [0.25, 0.3) is 0 Å². The largest absolute Gasteiger partial charge is 0.444 e. The molecule has 0 aliphatic heterocycles. The second kappa shape index (κ2) is 8.12. The quantitative estimate of drug-likeness (QED) is 0.631. The molecule has 2 rings (SSSR count). The molecule has 6 heteroatoms. The Bertz CT molecular complexity index is 800. The third kappa shape index (κ3) is 5.40. The molecule has 1 aromatic carbocycles. The molecule has 0 radical (unpaired) electrons. The summed E-state index contributed by atoms with van der Waals surface area (Å²) in [4.78, 5) is 12.7. The van der Waals surface area contributed by atoms with E-state index in [0.29, 0.717) is 18.6 Å². The Kier molecular flexibility index (Phi) is 6.56. The number of amides is 1. The summed E-state index contributed by atoms with van der Waals surface area (Å²) in [5, 5.41) is 12.8. The summed E-state index contributed by atoms with van der Waals surface area (Å²) in [5.74, 6) is 0. The Morgan fingerprint density at radius 3 is 2.45 bits per heavy atom. The molecular formula is C23H36N2O3Si. The van der Waals surface area contributed by atoms with Crippen LogP contribution in [0.5, 0.6) is 0 Å². The van der Waals surface area contributed by atoms with Gasteiger partial charge in [0.25, 0.3) is 0 Å². The van der Waals surface area contributed by atoms with Crippen molar-refractivity contribution in [1.29, 1.82) is 5.26 Å². The number of hydrogen-bond acceptors (Lipinski definition) is 4. The van der Waals surface area contributed by atoms with Gasteiger partial charge in [0, 0.05) is 6.61 Å². The van der Waals surface area contributed by atoms with Crippen molar-refractivity contribution in [2.75, 3.05) is 6.61 Å². The molecule has 1 N–H and O–H groups in total. The number of hydrogen-bond donors (Lipinski definition) is 1. The first-order valence-electron chi connectivity index (χ1n) is 10.4. The zero-order valence-corrected chi connectivity index (χ0v) is 20.2. The maximum absolute atomic E-state index is 12.7. The highest BCUT2D eigenvalue weighted by atomic mass is 28.4. The predicted molar refractivity (Wildman–Crippen MR) is 118 cm³/mol. The van der Waals surface area contributed by atoms with Crippen molar-refractivity contribution in [2.45, 2.75) is 90.1 Å². The Labute approximate surface area is 176 Å². The molecule has 0 spiro atoms. The van der Waals surface area contributed by atoms with E-state index in [1.54, 1.807) is 0 Å². The molecule has 1 atom stereocenters. The minimum atomic E-state index is -1.89. The fraction of sp³-hybridized carbons (Fsp3) is 0.652. The number of carbonyl (C=O) groups excluding carboxylic acids is 1. The van der Waals surface area contributed by atoms with Crippen LogP contribution in [0.1, 0.15) is 71.1 Å². The van der Waals surface area contributed by atoms with Gasteiger partial charge in [-0.2, -0.15) is 5.26 Å². The molecule has 160 valence electrons. The van der Waals surface area contributed by atoms with Crippen molar-refractivity contribution in [1.82, 2.24) is 5.32 Å². The Morgan fingerprint density at radius 1 is 1.24 bits per heavy atom. The molecule has 0 fully saturated rings. The SMILES string of the molecule is CC(C)(C)OC(=O)N[C@@]1(CCO[Si](C)(C)C(C)(C)C)CCc2c(C#N)cccc21. The van der Waals surface area contributed by atoms with Gasteiger partial charge in [-0.3, -0.25) is 0 Å². The lowest BCUT2D eigenvalue weighted by Crippen LogP contribution is -2.48. The zero-order valence-electron chi connectivity index (χ0n) is 19.2. The normalized spacial score (nSPS) is 19.4. The van der Waals surface area contributed by atoms with E-state index in [0.717, 1.165) is 24.0 Å². The van der Waals surface area contributed by atoms with Crippen molar-refractivity contribution >= 4 is 14.4 Å². The molecule has 5 nitrogen and oxygen atoms in total. The molecule has 0 aromatic heterocycles. The minimum absolute atomic E-state index is 0.125. The highest BCUT2D eigenvalue weighted by Crippen LogP contribution is 2.42. The van der Waals surface area contributed by atoms with Crippen LogP contribution in [0.4, 0.5) is 4.79 Å². The van der Waals surface area contributed by atoms with E-state index < -0.39 is 25.6 Å². The number of benzene rings is 1. The number of alkyl carbamates (subject to hydrolysis) is 1. The molecule has 1 aromatic rings. The molecule has 0 heterocycles. The van der Waals surface area contributed by atoms with Crippen molar-refractivity contribution in [3.8, 4) is 6.07 Å². The number of nitrogens with zero attached hydrogens (tertiary/aromatic N) is 1. The van der Waals surface area contributed by atoms with E-state index in [1.807, 2.05) is 39.0 Å². The number of ether oxygens (including phenoxy) is 1. The van der Waals surface area contributed by atoms with Crippen LogP contribution in [0, 0.1) is 11.3 Å². The first kappa shape index (κ1) is 23.4. The zero-order chi connectivity index (χ0) is 22.1. The average molecular weight is 417 g/mol. The maximum Gasteiger partial charge on any atom is 0.408 e. The molecule has 0 bridgehead atoms. The maximum atomic E-state index is 12.7. The lowest BCUT2D eigenvalue weighted by atomic mass is 9.88. The number of rotatable bonds is 5. The second-order valence-corrected chi connectivity index (χ2v) is 15.3. The number of nitrogens with one attached hydrogen (secondary N) is 1. The van der Waals surface area contributed by atoms with Crippen LogP contribution in [0.3, 0.4) is 0 Å². The van der Waals surface area contributed by atoms with Gasteiger partial charge in [0.2, 0.25) is 0 Å². The highest BCUT2D eigenvalue weighted by molar-refractivity contribution is 6.74. The van der Waals surface area contributed by atoms with Crippen LogP contribution < -0.4 is 5.32 Å². The smallest absolute Gasteiger partial charge is 0.408 e. The van der Waals surface area contributed by atoms with Gasteiger partial charge in [-0.1, -0.05) is 32.9 Å². The molecule has 0 saturated carbocycles. The van der Waals surface area contributed by atoms with E-state index >= 15 is 0 Å². The Balaban J connectivity index is 2.30. The number of nitriles is 1. The summed E-state index contributed by atoms with van der Waals surface area (Å²) in [6.07, 6.45) is 1.72. The van der Waals surface area contributed by atoms with Crippen LogP contribution in [0.2, 0.25) is 18.1 Å². The van der Waals surface area contributed by atoms with Gasteiger partial charge in [0.15, 0.2) is 8.32 Å². The molecule has 0 saturated heterocycles. The van der Waals surface area contributed by atoms with E-state index in [2.05, 4.69) is 45.3 Å². The van der Waals surface area contributed by atoms with Crippen LogP contribution in [-0.2, 0) is 21.1 Å². The lowest BCUT2D eigenvalue weighted by Gasteiger charge is -2.38. The highest BCUT2D eigenvalue weighted by Gasteiger charge is 2.43. The summed E-state index contributed by atoms with van der Waals surface area (Å²) in [6, 6.07) is 8.04. The lowest BCUT2D eigenvalue weighted by molar-refractivity contribution is 0.0433. The van der Waals surface area contributed by atoms with Gasteiger partial charge in [-0.05, 0) is 75.4 Å². The Hall–Kier alpha value is -1.84. The number of carbonyl (C=O) groups is 1. The van der Waals surface area contributed by atoms with Crippen molar-refractivity contribution in [2.24, 2.45) is 0 Å². The van der Waals surface area contributed by atoms with Gasteiger partial charge in [0.1, 0.15) is 5.60 Å². The van der Waals surface area contributed by atoms with E-state index in [1.165, 1.54) is 0 Å². The first-order valence-corrected chi connectivity index (χ1v) is 13.3. The van der Waals surface area contributed by atoms with Crippen LogP contribution in [-0.4, -0.2) is 26.6 Å². The van der Waals surface area contributed by atoms with Crippen molar-refractivity contribution in [3.05, 3.63) is 34.9 Å². The molecule has 1 amide bonds. The molecule has 1 aliphatic carbocycles. The van der Waals surface area contributed by atoms with Gasteiger partial charge >= 0.3 is 6.09 Å². The topological polar surface area (TPSA) is 71.3 Å². The molecule has 1 aliphatic rings. The molecular weight excluding hydrogens is 380 g/mol. The Morgan fingerprint density at radius 2 is 1.90 bits per heavy atom. The standard InChI is InChI=1S/C23H36N2O3Si/c1-21(2,3)28-20(26)25-23(14-15-27-29(7,8)22(4,5)6)13-12-18-17(16-24)10-9-11-19(18)23/h9-11H,12-15H2,1-8H3,(H,25,26)/t23-/m1/s1. The minimum Gasteiger partial charge on any atom is -0.444 e. The van der Waals surface area contributed by atoms with Gasteiger partial charge in [-0.25, -0.2) is 4.79 Å². The van der Waals surface area contributed by atoms with E-state index in [9.17, 15) is 10.1 Å². The summed E-state index contributed by atoms with van der Waals surface area (Å²) in [6.45, 7) is 17.3. The fourth-order valence-electron chi connectivity index (χ4n) is 3.53. The summed E-state index contributed by atoms with van der Waals surface area (Å²) >= 11 is 0. The summed E-state index contributed by atoms with van der Waals surface area (Å²) in [7, 11) is -1.89. The van der Waals surface area contributed by atoms with E-state index in [4.69, 9.17) is 9.16 Å². The summed E-state index contributed by atoms with van der Waals surface area (Å²) in [5.41, 5.74) is 1.58. The van der Waals surface area contributed by atoms with Gasteiger partial charge in [-0.15, -0.1) is 0 Å². The first-order chi connectivity index (χ1) is 13.2. The van der Waals surface area contributed by atoms with E-state index in [-0.39, 0.29) is 5.04 Å². The third-order valence-electron chi connectivity index (χ3n) is 6.15. The monoisotopic (exact) mass is 416 g/mol. The van der Waals surface area contributed by atoms with Crippen LogP contribution >= 0.6 is 0 Å². The average Bonchev–Trinajstić information content (AvgIpc) is 2.90. The summed E-state index contributed by atoms with van der Waals surface area (Å²) < 4.78 is 12.0. The van der Waals surface area contributed by atoms with Crippen molar-refractivity contribution in [3.63, 3.8) is 0 Å². The predicted octanol–water partition coefficient (Wildman–Crippen LogP) is 5.64. The van der Waals surface area contributed by atoms with Gasteiger partial charge < -0.3 is 14.5 Å². The van der Waals surface area contributed by atoms with Gasteiger partial charge in [0.05, 0.1) is 17.2 Å². The molecule has 0 unspecified atom stereocenters. The van der Waals surface area contributed by atoms with Crippen LogP contribution in [0.15, 0.2) is 18.2 Å².